The van der Waals surface area contributed by atoms with Crippen LogP contribution in [-0.4, -0.2) is 25.0 Å². The topological polar surface area (TPSA) is 42.4 Å². The number of hydrogen-bond donors (Lipinski definition) is 1. The van der Waals surface area contributed by atoms with E-state index < -0.39 is 0 Å². The van der Waals surface area contributed by atoms with Crippen molar-refractivity contribution in [2.24, 2.45) is 5.73 Å². The number of nitrogens with zero attached hydrogens (tertiary/aromatic N) is 1. The molecule has 1 aromatic heterocycles. The molecule has 0 aliphatic carbocycles. The first-order valence-corrected chi connectivity index (χ1v) is 6.11. The molecule has 1 atom stereocenters. The Morgan fingerprint density at radius 2 is 2.12 bits per heavy atom. The van der Waals surface area contributed by atoms with E-state index in [2.05, 4.69) is 31.0 Å². The quantitative estimate of drug-likeness (QED) is 0.862. The van der Waals surface area contributed by atoms with Crippen molar-refractivity contribution in [3.63, 3.8) is 0 Å². The molecule has 1 aromatic carbocycles. The van der Waals surface area contributed by atoms with Crippen molar-refractivity contribution < 1.29 is 4.42 Å². The molecule has 0 bridgehead atoms. The number of benzene rings is 1. The summed E-state index contributed by atoms with van der Waals surface area (Å²) >= 11 is 0. The van der Waals surface area contributed by atoms with E-state index in [0.29, 0.717) is 0 Å². The lowest BCUT2D eigenvalue weighted by atomic mass is 10.2. The molecule has 0 radical (unpaired) electrons. The van der Waals surface area contributed by atoms with Gasteiger partial charge in [-0.3, -0.25) is 4.90 Å². The molecule has 2 aromatic rings. The van der Waals surface area contributed by atoms with Crippen LogP contribution in [0.5, 0.6) is 0 Å². The highest BCUT2D eigenvalue weighted by molar-refractivity contribution is 5.77. The average molecular weight is 232 g/mol. The van der Waals surface area contributed by atoms with E-state index in [9.17, 15) is 0 Å². The second-order valence-corrected chi connectivity index (χ2v) is 4.49. The minimum atomic E-state index is 0.286. The fourth-order valence-electron chi connectivity index (χ4n) is 1.96. The molecular formula is C14H20N2O. The molecule has 0 fully saturated rings. The van der Waals surface area contributed by atoms with Crippen molar-refractivity contribution in [2.75, 3.05) is 20.1 Å². The molecule has 2 N–H and O–H groups in total. The highest BCUT2D eigenvalue weighted by atomic mass is 16.3. The third-order valence-electron chi connectivity index (χ3n) is 3.23. The van der Waals surface area contributed by atoms with Crippen molar-refractivity contribution in [1.82, 2.24) is 4.90 Å². The van der Waals surface area contributed by atoms with E-state index >= 15 is 0 Å². The number of fused-ring (bicyclic) bond motifs is 1. The van der Waals surface area contributed by atoms with Crippen molar-refractivity contribution >= 4 is 11.0 Å². The summed E-state index contributed by atoms with van der Waals surface area (Å²) in [6, 6.07) is 10.5. The van der Waals surface area contributed by atoms with Gasteiger partial charge in [-0.1, -0.05) is 18.2 Å². The molecule has 3 heteroatoms. The predicted octanol–water partition coefficient (Wildman–Crippen LogP) is 2.77. The van der Waals surface area contributed by atoms with Crippen LogP contribution in [-0.2, 0) is 0 Å². The lowest BCUT2D eigenvalue weighted by Crippen LogP contribution is -2.24. The number of para-hydroxylation sites is 1. The highest BCUT2D eigenvalue weighted by Crippen LogP contribution is 2.26. The molecule has 0 saturated heterocycles. The smallest absolute Gasteiger partial charge is 0.134 e. The van der Waals surface area contributed by atoms with Gasteiger partial charge in [-0.2, -0.15) is 0 Å². The van der Waals surface area contributed by atoms with E-state index in [0.717, 1.165) is 30.9 Å². The Morgan fingerprint density at radius 1 is 1.35 bits per heavy atom. The maximum atomic E-state index is 5.86. The van der Waals surface area contributed by atoms with Gasteiger partial charge in [-0.15, -0.1) is 0 Å². The minimum absolute atomic E-state index is 0.286. The minimum Gasteiger partial charge on any atom is -0.459 e. The van der Waals surface area contributed by atoms with Gasteiger partial charge in [0.1, 0.15) is 11.3 Å². The van der Waals surface area contributed by atoms with E-state index in [1.165, 1.54) is 5.39 Å². The van der Waals surface area contributed by atoms with Crippen LogP contribution in [0.4, 0.5) is 0 Å². The van der Waals surface area contributed by atoms with E-state index in [1.54, 1.807) is 0 Å². The summed E-state index contributed by atoms with van der Waals surface area (Å²) < 4.78 is 5.86. The van der Waals surface area contributed by atoms with Crippen molar-refractivity contribution in [2.45, 2.75) is 19.4 Å². The zero-order valence-electron chi connectivity index (χ0n) is 10.5. The summed E-state index contributed by atoms with van der Waals surface area (Å²) in [6.07, 6.45) is 1.01. The Kier molecular flexibility index (Phi) is 3.82. The Labute approximate surface area is 102 Å². The maximum absolute atomic E-state index is 5.86. The van der Waals surface area contributed by atoms with Crippen LogP contribution in [0.3, 0.4) is 0 Å². The third-order valence-corrected chi connectivity index (χ3v) is 3.23. The molecular weight excluding hydrogens is 212 g/mol. The molecule has 0 aliphatic heterocycles. The molecule has 1 unspecified atom stereocenters. The van der Waals surface area contributed by atoms with Gasteiger partial charge in [-0.25, -0.2) is 0 Å². The van der Waals surface area contributed by atoms with Crippen LogP contribution in [0, 0.1) is 0 Å². The monoisotopic (exact) mass is 232 g/mol. The van der Waals surface area contributed by atoms with Crippen LogP contribution in [0.15, 0.2) is 34.7 Å². The molecule has 0 saturated carbocycles. The molecule has 3 nitrogen and oxygen atoms in total. The Hall–Kier alpha value is -1.32. The van der Waals surface area contributed by atoms with Gasteiger partial charge in [0, 0.05) is 5.39 Å². The van der Waals surface area contributed by atoms with Gasteiger partial charge in [-0.05, 0) is 45.6 Å². The van der Waals surface area contributed by atoms with E-state index in [1.807, 2.05) is 18.2 Å². The summed E-state index contributed by atoms with van der Waals surface area (Å²) in [7, 11) is 2.10. The van der Waals surface area contributed by atoms with E-state index in [-0.39, 0.29) is 6.04 Å². The molecule has 0 spiro atoms. The van der Waals surface area contributed by atoms with Crippen molar-refractivity contribution in [1.29, 1.82) is 0 Å². The maximum Gasteiger partial charge on any atom is 0.134 e. The number of furan rings is 1. The summed E-state index contributed by atoms with van der Waals surface area (Å²) in [6.45, 7) is 3.89. The molecule has 2 rings (SSSR count). The zero-order chi connectivity index (χ0) is 12.3. The molecule has 17 heavy (non-hydrogen) atoms. The van der Waals surface area contributed by atoms with Gasteiger partial charge in [0.25, 0.3) is 0 Å². The summed E-state index contributed by atoms with van der Waals surface area (Å²) in [5.41, 5.74) is 6.49. The standard InChI is InChI=1S/C14H20N2O/c1-11(16(2)9-5-8-15)14-10-12-6-3-4-7-13(12)17-14/h3-4,6-7,10-11H,5,8-9,15H2,1-2H3. The van der Waals surface area contributed by atoms with Crippen LogP contribution in [0.25, 0.3) is 11.0 Å². The number of rotatable bonds is 5. The van der Waals surface area contributed by atoms with Gasteiger partial charge in [0.05, 0.1) is 6.04 Å². The molecule has 0 amide bonds. The fraction of sp³-hybridized carbons (Fsp3) is 0.429. The lowest BCUT2D eigenvalue weighted by molar-refractivity contribution is 0.233. The molecule has 0 aliphatic rings. The van der Waals surface area contributed by atoms with Crippen LogP contribution in [0.2, 0.25) is 0 Å². The summed E-state index contributed by atoms with van der Waals surface area (Å²) in [5, 5.41) is 1.17. The average Bonchev–Trinajstić information content (AvgIpc) is 2.78. The van der Waals surface area contributed by atoms with Gasteiger partial charge < -0.3 is 10.2 Å². The van der Waals surface area contributed by atoms with Gasteiger partial charge in [0.2, 0.25) is 0 Å². The SMILES string of the molecule is CC(c1cc2ccccc2o1)N(C)CCCN. The first-order valence-electron chi connectivity index (χ1n) is 6.11. The van der Waals surface area contributed by atoms with Gasteiger partial charge >= 0.3 is 0 Å². The largest absolute Gasteiger partial charge is 0.459 e. The second-order valence-electron chi connectivity index (χ2n) is 4.49. The predicted molar refractivity (Wildman–Crippen MR) is 70.9 cm³/mol. The first-order chi connectivity index (χ1) is 8.22. The Bertz CT molecular complexity index is 445. The zero-order valence-corrected chi connectivity index (χ0v) is 10.5. The Balaban J connectivity index is 2.15. The third kappa shape index (κ3) is 2.68. The molecule has 92 valence electrons. The van der Waals surface area contributed by atoms with Crippen LogP contribution in [0.1, 0.15) is 25.1 Å². The first kappa shape index (κ1) is 12.1. The van der Waals surface area contributed by atoms with Crippen molar-refractivity contribution in [3.05, 3.63) is 36.1 Å². The summed E-state index contributed by atoms with van der Waals surface area (Å²) in [5.74, 6) is 1.02. The number of nitrogens with two attached hydrogens (primary N) is 1. The number of hydrogen-bond acceptors (Lipinski definition) is 3. The summed E-state index contributed by atoms with van der Waals surface area (Å²) in [4.78, 5) is 2.27. The van der Waals surface area contributed by atoms with Crippen LogP contribution < -0.4 is 5.73 Å². The van der Waals surface area contributed by atoms with Gasteiger partial charge in [0.15, 0.2) is 0 Å². The van der Waals surface area contributed by atoms with Crippen molar-refractivity contribution in [3.8, 4) is 0 Å². The highest BCUT2D eigenvalue weighted by Gasteiger charge is 2.15. The normalized spacial score (nSPS) is 13.4. The Morgan fingerprint density at radius 3 is 2.82 bits per heavy atom. The fourth-order valence-corrected chi connectivity index (χ4v) is 1.96. The van der Waals surface area contributed by atoms with Crippen LogP contribution >= 0.6 is 0 Å². The molecule has 1 heterocycles. The lowest BCUT2D eigenvalue weighted by Gasteiger charge is -2.22. The van der Waals surface area contributed by atoms with E-state index in [4.69, 9.17) is 10.2 Å². The second kappa shape index (κ2) is 5.34.